The summed E-state index contributed by atoms with van der Waals surface area (Å²) in [5, 5.41) is 0.782. The summed E-state index contributed by atoms with van der Waals surface area (Å²) in [6, 6.07) is 0. The Balaban J connectivity index is 1.96. The molecule has 22 heavy (non-hydrogen) atoms. The van der Waals surface area contributed by atoms with Crippen LogP contribution in [-0.4, -0.2) is 50.0 Å². The number of nitrogens with one attached hydrogen (secondary N) is 1. The van der Waals surface area contributed by atoms with Crippen LogP contribution >= 0.6 is 11.8 Å². The van der Waals surface area contributed by atoms with Gasteiger partial charge in [-0.15, -0.1) is 0 Å². The van der Waals surface area contributed by atoms with Gasteiger partial charge in [-0.1, -0.05) is 32.0 Å². The number of aromatic nitrogens is 4. The Kier molecular flexibility index (Phi) is 6.45. The molecule has 1 amide bonds. The van der Waals surface area contributed by atoms with Crippen LogP contribution in [0.5, 0.6) is 0 Å². The Morgan fingerprint density at radius 3 is 2.95 bits per heavy atom. The van der Waals surface area contributed by atoms with Gasteiger partial charge in [-0.05, 0) is 12.8 Å². The predicted octanol–water partition coefficient (Wildman–Crippen LogP) is 3.05. The second-order valence-electron chi connectivity index (χ2n) is 4.78. The van der Waals surface area contributed by atoms with Gasteiger partial charge in [-0.2, -0.15) is 0 Å². The Hall–Kier alpha value is -1.83. The van der Waals surface area contributed by atoms with Gasteiger partial charge in [0.15, 0.2) is 5.65 Å². The maximum Gasteiger partial charge on any atom is 0.410 e. The van der Waals surface area contributed by atoms with Crippen LogP contribution in [0.3, 0.4) is 0 Å². The molecular weight excluding hydrogens is 302 g/mol. The van der Waals surface area contributed by atoms with E-state index < -0.39 is 0 Å². The number of hydrogen-bond acceptors (Lipinski definition) is 6. The van der Waals surface area contributed by atoms with Crippen LogP contribution < -0.4 is 0 Å². The van der Waals surface area contributed by atoms with E-state index in [4.69, 9.17) is 4.74 Å². The normalized spacial score (nSPS) is 10.8. The van der Waals surface area contributed by atoms with Crippen LogP contribution in [0.4, 0.5) is 4.79 Å². The first-order valence-electron chi connectivity index (χ1n) is 7.44. The van der Waals surface area contributed by atoms with Gasteiger partial charge in [0.1, 0.15) is 16.9 Å². The highest BCUT2D eigenvalue weighted by molar-refractivity contribution is 7.99. The van der Waals surface area contributed by atoms with Gasteiger partial charge in [0.05, 0.1) is 18.8 Å². The molecule has 0 unspecified atom stereocenters. The highest BCUT2D eigenvalue weighted by Crippen LogP contribution is 2.22. The topological polar surface area (TPSA) is 84.0 Å². The molecule has 2 heterocycles. The van der Waals surface area contributed by atoms with E-state index >= 15 is 0 Å². The van der Waals surface area contributed by atoms with Gasteiger partial charge in [-0.3, -0.25) is 4.90 Å². The molecular formula is C14H21N5O2S. The van der Waals surface area contributed by atoms with Crippen LogP contribution in [0, 0.1) is 0 Å². The highest BCUT2D eigenvalue weighted by atomic mass is 32.2. The molecule has 0 saturated heterocycles. The monoisotopic (exact) mass is 323 g/mol. The van der Waals surface area contributed by atoms with E-state index in [9.17, 15) is 4.79 Å². The van der Waals surface area contributed by atoms with Crippen molar-refractivity contribution in [3.05, 3.63) is 12.7 Å². The molecule has 0 bridgehead atoms. The van der Waals surface area contributed by atoms with E-state index in [1.165, 1.54) is 18.1 Å². The summed E-state index contributed by atoms with van der Waals surface area (Å²) < 4.78 is 5.28. The molecule has 8 heteroatoms. The van der Waals surface area contributed by atoms with E-state index in [2.05, 4.69) is 26.9 Å². The molecule has 0 radical (unpaired) electrons. The molecule has 0 fully saturated rings. The van der Waals surface area contributed by atoms with Gasteiger partial charge in [-0.25, -0.2) is 19.7 Å². The van der Waals surface area contributed by atoms with E-state index in [0.29, 0.717) is 24.7 Å². The SMILES string of the molecule is CCCCOC(=O)N(CCC)CSc1ncnc2nc[nH]c12. The van der Waals surface area contributed by atoms with Crippen LogP contribution in [0.25, 0.3) is 11.2 Å². The molecule has 7 nitrogen and oxygen atoms in total. The minimum Gasteiger partial charge on any atom is -0.449 e. The molecule has 0 aliphatic heterocycles. The number of ether oxygens (including phenoxy) is 1. The number of fused-ring (bicyclic) bond motifs is 1. The number of thioether (sulfide) groups is 1. The molecule has 0 spiro atoms. The predicted molar refractivity (Wildman–Crippen MR) is 85.7 cm³/mol. The van der Waals surface area contributed by atoms with Gasteiger partial charge >= 0.3 is 6.09 Å². The van der Waals surface area contributed by atoms with Crippen molar-refractivity contribution in [3.63, 3.8) is 0 Å². The molecule has 2 rings (SSSR count). The summed E-state index contributed by atoms with van der Waals surface area (Å²) in [4.78, 5) is 29.2. The third kappa shape index (κ3) is 4.33. The van der Waals surface area contributed by atoms with Crippen molar-refractivity contribution in [3.8, 4) is 0 Å². The fourth-order valence-corrected chi connectivity index (χ4v) is 2.79. The number of nitrogens with zero attached hydrogens (tertiary/aromatic N) is 4. The summed E-state index contributed by atoms with van der Waals surface area (Å²) >= 11 is 1.47. The lowest BCUT2D eigenvalue weighted by molar-refractivity contribution is 0.108. The number of aromatic amines is 1. The van der Waals surface area contributed by atoms with E-state index in [0.717, 1.165) is 29.8 Å². The first kappa shape index (κ1) is 16.5. The van der Waals surface area contributed by atoms with Gasteiger partial charge in [0.25, 0.3) is 0 Å². The molecule has 120 valence electrons. The smallest absolute Gasteiger partial charge is 0.410 e. The second kappa shape index (κ2) is 8.57. The molecule has 2 aromatic rings. The Morgan fingerprint density at radius 2 is 2.18 bits per heavy atom. The number of unbranched alkanes of at least 4 members (excludes halogenated alkanes) is 1. The molecule has 2 aromatic heterocycles. The summed E-state index contributed by atoms with van der Waals surface area (Å²) in [6.45, 7) is 5.24. The number of H-pyrrole nitrogens is 1. The van der Waals surface area contributed by atoms with Crippen molar-refractivity contribution in [1.82, 2.24) is 24.8 Å². The quantitative estimate of drug-likeness (QED) is 0.348. The first-order chi connectivity index (χ1) is 10.8. The largest absolute Gasteiger partial charge is 0.449 e. The Labute approximate surface area is 133 Å². The van der Waals surface area contributed by atoms with E-state index in [1.54, 1.807) is 11.2 Å². The van der Waals surface area contributed by atoms with Gasteiger partial charge in [0, 0.05) is 6.54 Å². The van der Waals surface area contributed by atoms with Crippen molar-refractivity contribution >= 4 is 29.0 Å². The molecule has 0 aromatic carbocycles. The number of rotatable bonds is 8. The average molecular weight is 323 g/mol. The highest BCUT2D eigenvalue weighted by Gasteiger charge is 2.16. The third-order valence-electron chi connectivity index (χ3n) is 3.02. The zero-order valence-corrected chi connectivity index (χ0v) is 13.7. The molecule has 0 aliphatic carbocycles. The molecule has 0 aliphatic rings. The van der Waals surface area contributed by atoms with Crippen LogP contribution in [0.2, 0.25) is 0 Å². The zero-order chi connectivity index (χ0) is 15.8. The fraction of sp³-hybridized carbons (Fsp3) is 0.571. The van der Waals surface area contributed by atoms with Crippen molar-refractivity contribution in [2.45, 2.75) is 38.1 Å². The van der Waals surface area contributed by atoms with Gasteiger partial charge in [0.2, 0.25) is 0 Å². The standard InChI is InChI=1S/C14H21N5O2S/c1-3-5-7-21-14(20)19(6-4-2)10-22-13-11-12(16-8-15-11)17-9-18-13/h8-9H,3-7,10H2,1-2H3,(H,15,16,17,18). The lowest BCUT2D eigenvalue weighted by atomic mass is 10.4. The minimum absolute atomic E-state index is 0.266. The number of carbonyl (C=O) groups excluding carboxylic acids is 1. The summed E-state index contributed by atoms with van der Waals surface area (Å²) in [6.07, 6.45) is 5.58. The lowest BCUT2D eigenvalue weighted by Crippen LogP contribution is -2.32. The fourth-order valence-electron chi connectivity index (χ4n) is 1.86. The lowest BCUT2D eigenvalue weighted by Gasteiger charge is -2.20. The average Bonchev–Trinajstić information content (AvgIpc) is 3.00. The molecule has 0 saturated carbocycles. The van der Waals surface area contributed by atoms with Crippen LogP contribution in [0.1, 0.15) is 33.1 Å². The van der Waals surface area contributed by atoms with Crippen LogP contribution in [-0.2, 0) is 4.74 Å². The van der Waals surface area contributed by atoms with Crippen molar-refractivity contribution in [2.75, 3.05) is 19.0 Å². The maximum absolute atomic E-state index is 12.1. The molecule has 1 N–H and O–H groups in total. The minimum atomic E-state index is -0.266. The number of amides is 1. The van der Waals surface area contributed by atoms with E-state index in [1.807, 2.05) is 6.92 Å². The Morgan fingerprint density at radius 1 is 1.32 bits per heavy atom. The Bertz CT molecular complexity index is 604. The van der Waals surface area contributed by atoms with E-state index in [-0.39, 0.29) is 6.09 Å². The number of carbonyl (C=O) groups is 1. The number of imidazole rings is 1. The number of hydrogen-bond donors (Lipinski definition) is 1. The van der Waals surface area contributed by atoms with Crippen molar-refractivity contribution < 1.29 is 9.53 Å². The van der Waals surface area contributed by atoms with Gasteiger partial charge < -0.3 is 9.72 Å². The van der Waals surface area contributed by atoms with Crippen molar-refractivity contribution in [2.24, 2.45) is 0 Å². The third-order valence-corrected chi connectivity index (χ3v) is 4.04. The van der Waals surface area contributed by atoms with Crippen LogP contribution in [0.15, 0.2) is 17.7 Å². The second-order valence-corrected chi connectivity index (χ2v) is 5.72. The summed E-state index contributed by atoms with van der Waals surface area (Å²) in [5.74, 6) is 0.490. The van der Waals surface area contributed by atoms with Crippen molar-refractivity contribution in [1.29, 1.82) is 0 Å². The molecule has 0 atom stereocenters. The summed E-state index contributed by atoms with van der Waals surface area (Å²) in [5.41, 5.74) is 1.42. The maximum atomic E-state index is 12.1. The zero-order valence-electron chi connectivity index (χ0n) is 12.9. The first-order valence-corrected chi connectivity index (χ1v) is 8.43. The summed E-state index contributed by atoms with van der Waals surface area (Å²) in [7, 11) is 0.